The van der Waals surface area contributed by atoms with Crippen LogP contribution in [0.25, 0.3) is 0 Å². The molecule has 2 unspecified atom stereocenters. The number of halogens is 1. The molecule has 2 N–H and O–H groups in total. The van der Waals surface area contributed by atoms with Gasteiger partial charge in [0.1, 0.15) is 11.4 Å². The van der Waals surface area contributed by atoms with Crippen LogP contribution in [0.1, 0.15) is 65.7 Å². The summed E-state index contributed by atoms with van der Waals surface area (Å²) in [4.78, 5) is 30.4. The summed E-state index contributed by atoms with van der Waals surface area (Å²) >= 11 is 6.06. The van der Waals surface area contributed by atoms with Crippen molar-refractivity contribution in [3.63, 3.8) is 0 Å². The average Bonchev–Trinajstić information content (AvgIpc) is 2.85. The third-order valence-electron chi connectivity index (χ3n) is 5.57. The standard InChI is InChI=1S/C29H33ClN2O6/c1-28(2,3)38-29(4,35)32-25-17-21(36-5)14-15-22(25)23(26(33)18-10-12-19(30)13-11-18)16-20-8-7-9-24(31-20)27(34)37-6/h7-15,17,23,32,35H,16H2,1-6H3. The molecule has 0 aliphatic rings. The molecule has 0 bridgehead atoms. The fraction of sp³-hybridized carbons (Fsp3) is 0.345. The number of aliphatic hydroxyl groups is 1. The van der Waals surface area contributed by atoms with Crippen LogP contribution in [0.5, 0.6) is 5.75 Å². The number of methoxy groups -OCH3 is 2. The summed E-state index contributed by atoms with van der Waals surface area (Å²) in [6, 6.07) is 16.8. The normalized spacial score (nSPS) is 13.8. The molecule has 0 aliphatic carbocycles. The number of nitrogens with zero attached hydrogens (tertiary/aromatic N) is 1. The minimum absolute atomic E-state index is 0.136. The molecule has 3 rings (SSSR count). The maximum atomic E-state index is 13.9. The van der Waals surface area contributed by atoms with Crippen molar-refractivity contribution in [1.29, 1.82) is 0 Å². The molecule has 2 atom stereocenters. The fourth-order valence-corrected chi connectivity index (χ4v) is 4.25. The smallest absolute Gasteiger partial charge is 0.356 e. The van der Waals surface area contributed by atoms with Gasteiger partial charge in [-0.1, -0.05) is 23.7 Å². The number of aromatic nitrogens is 1. The molecule has 2 aromatic carbocycles. The van der Waals surface area contributed by atoms with E-state index in [1.807, 2.05) is 20.8 Å². The van der Waals surface area contributed by atoms with E-state index in [1.165, 1.54) is 21.1 Å². The van der Waals surface area contributed by atoms with Gasteiger partial charge in [-0.2, -0.15) is 0 Å². The molecule has 1 heterocycles. The number of ketones is 1. The maximum Gasteiger partial charge on any atom is 0.356 e. The number of carbonyl (C=O) groups excluding carboxylic acids is 2. The number of anilines is 1. The molecular formula is C29H33ClN2O6. The van der Waals surface area contributed by atoms with Gasteiger partial charge in [0.15, 0.2) is 5.78 Å². The largest absolute Gasteiger partial charge is 0.497 e. The first kappa shape index (κ1) is 29.1. The van der Waals surface area contributed by atoms with Crippen molar-refractivity contribution in [2.24, 2.45) is 0 Å². The van der Waals surface area contributed by atoms with Crippen LogP contribution in [0.3, 0.4) is 0 Å². The fourth-order valence-electron chi connectivity index (χ4n) is 4.13. The first-order valence-electron chi connectivity index (χ1n) is 12.0. The number of esters is 1. The van der Waals surface area contributed by atoms with Crippen LogP contribution in [0.15, 0.2) is 60.7 Å². The number of ether oxygens (including phenoxy) is 3. The lowest BCUT2D eigenvalue weighted by Crippen LogP contribution is -2.44. The Bertz CT molecular complexity index is 1280. The van der Waals surface area contributed by atoms with Crippen molar-refractivity contribution < 1.29 is 28.9 Å². The first-order chi connectivity index (χ1) is 17.8. The highest BCUT2D eigenvalue weighted by Gasteiger charge is 2.32. The van der Waals surface area contributed by atoms with E-state index in [9.17, 15) is 14.7 Å². The number of hydrogen-bond acceptors (Lipinski definition) is 8. The SMILES string of the molecule is COC(=O)c1cccc(CC(C(=O)c2ccc(Cl)cc2)c2ccc(OC)cc2NC(C)(O)OC(C)(C)C)n1. The van der Waals surface area contributed by atoms with E-state index in [1.54, 1.807) is 60.7 Å². The van der Waals surface area contributed by atoms with Crippen LogP contribution in [0.2, 0.25) is 5.02 Å². The summed E-state index contributed by atoms with van der Waals surface area (Å²) in [6.07, 6.45) is 0.162. The Kier molecular flexibility index (Phi) is 9.14. The summed E-state index contributed by atoms with van der Waals surface area (Å²) < 4.78 is 16.0. The van der Waals surface area contributed by atoms with E-state index in [4.69, 9.17) is 25.8 Å². The van der Waals surface area contributed by atoms with Gasteiger partial charge >= 0.3 is 5.97 Å². The first-order valence-corrected chi connectivity index (χ1v) is 12.4. The van der Waals surface area contributed by atoms with E-state index in [0.29, 0.717) is 33.3 Å². The van der Waals surface area contributed by atoms with Crippen LogP contribution in [0, 0.1) is 0 Å². The van der Waals surface area contributed by atoms with E-state index >= 15 is 0 Å². The van der Waals surface area contributed by atoms with Crippen molar-refractivity contribution in [3.8, 4) is 5.75 Å². The van der Waals surface area contributed by atoms with E-state index in [0.717, 1.165) is 0 Å². The Labute approximate surface area is 227 Å². The molecule has 202 valence electrons. The Balaban J connectivity index is 2.12. The second-order valence-corrected chi connectivity index (χ2v) is 10.3. The summed E-state index contributed by atoms with van der Waals surface area (Å²) in [5.74, 6) is -2.77. The zero-order valence-electron chi connectivity index (χ0n) is 22.4. The third-order valence-corrected chi connectivity index (χ3v) is 5.82. The monoisotopic (exact) mass is 540 g/mol. The molecule has 0 saturated carbocycles. The lowest BCUT2D eigenvalue weighted by Gasteiger charge is -2.34. The number of carbonyl (C=O) groups is 2. The summed E-state index contributed by atoms with van der Waals surface area (Å²) in [5, 5.41) is 14.6. The van der Waals surface area contributed by atoms with Gasteiger partial charge in [-0.25, -0.2) is 9.78 Å². The number of hydrogen-bond donors (Lipinski definition) is 2. The van der Waals surface area contributed by atoms with Crippen molar-refractivity contribution in [2.45, 2.75) is 51.5 Å². The van der Waals surface area contributed by atoms with Gasteiger partial charge < -0.3 is 24.6 Å². The number of nitrogens with one attached hydrogen (secondary N) is 1. The van der Waals surface area contributed by atoms with Crippen molar-refractivity contribution in [2.75, 3.05) is 19.5 Å². The molecule has 0 saturated heterocycles. The van der Waals surface area contributed by atoms with Gasteiger partial charge in [-0.3, -0.25) is 4.79 Å². The predicted molar refractivity (Wildman–Crippen MR) is 146 cm³/mol. The van der Waals surface area contributed by atoms with E-state index in [2.05, 4.69) is 10.3 Å². The molecule has 8 nitrogen and oxygen atoms in total. The van der Waals surface area contributed by atoms with Crippen LogP contribution in [0.4, 0.5) is 5.69 Å². The number of rotatable bonds is 10. The second-order valence-electron chi connectivity index (χ2n) is 9.91. The summed E-state index contributed by atoms with van der Waals surface area (Å²) in [5.41, 5.74) is 1.45. The number of benzene rings is 2. The minimum atomic E-state index is -1.77. The quantitative estimate of drug-likeness (QED) is 0.193. The Hall–Kier alpha value is -3.46. The Morgan fingerprint density at radius 3 is 2.32 bits per heavy atom. The second kappa shape index (κ2) is 11.9. The molecule has 38 heavy (non-hydrogen) atoms. The lowest BCUT2D eigenvalue weighted by atomic mass is 9.85. The van der Waals surface area contributed by atoms with Gasteiger partial charge in [0.25, 0.3) is 0 Å². The van der Waals surface area contributed by atoms with Crippen LogP contribution >= 0.6 is 11.6 Å². The molecule has 0 amide bonds. The van der Waals surface area contributed by atoms with Crippen LogP contribution in [-0.4, -0.2) is 47.6 Å². The van der Waals surface area contributed by atoms with E-state index in [-0.39, 0.29) is 17.9 Å². The topological polar surface area (TPSA) is 107 Å². The van der Waals surface area contributed by atoms with Crippen molar-refractivity contribution in [1.82, 2.24) is 4.98 Å². The molecule has 0 radical (unpaired) electrons. The van der Waals surface area contributed by atoms with Gasteiger partial charge in [0.05, 0.1) is 25.7 Å². The third kappa shape index (κ3) is 7.77. The number of pyridine rings is 1. The highest BCUT2D eigenvalue weighted by molar-refractivity contribution is 6.30. The molecule has 1 aromatic heterocycles. The van der Waals surface area contributed by atoms with Crippen LogP contribution < -0.4 is 10.1 Å². The van der Waals surface area contributed by atoms with Crippen molar-refractivity contribution >= 4 is 29.0 Å². The molecule has 0 fully saturated rings. The maximum absolute atomic E-state index is 13.9. The van der Waals surface area contributed by atoms with Gasteiger partial charge in [0.2, 0.25) is 5.91 Å². The zero-order chi connectivity index (χ0) is 28.1. The van der Waals surface area contributed by atoms with Crippen LogP contribution in [-0.2, 0) is 15.9 Å². The highest BCUT2D eigenvalue weighted by atomic mass is 35.5. The predicted octanol–water partition coefficient (Wildman–Crippen LogP) is 5.63. The molecule has 0 spiro atoms. The zero-order valence-corrected chi connectivity index (χ0v) is 23.1. The minimum Gasteiger partial charge on any atom is -0.497 e. The van der Waals surface area contributed by atoms with Crippen molar-refractivity contribution in [3.05, 3.63) is 88.2 Å². The van der Waals surface area contributed by atoms with Gasteiger partial charge in [0, 0.05) is 41.4 Å². The molecule has 0 aliphatic heterocycles. The molecule has 9 heteroatoms. The van der Waals surface area contributed by atoms with Gasteiger partial charge in [-0.15, -0.1) is 0 Å². The lowest BCUT2D eigenvalue weighted by molar-refractivity contribution is -0.223. The average molecular weight is 541 g/mol. The van der Waals surface area contributed by atoms with Gasteiger partial charge in [-0.05, 0) is 68.8 Å². The molecule has 3 aromatic rings. The Morgan fingerprint density at radius 2 is 1.71 bits per heavy atom. The number of Topliss-reactive ketones (excluding diaryl/α,β-unsaturated/α-hetero) is 1. The highest BCUT2D eigenvalue weighted by Crippen LogP contribution is 2.35. The molecular weight excluding hydrogens is 508 g/mol. The van der Waals surface area contributed by atoms with E-state index < -0.39 is 23.4 Å². The Morgan fingerprint density at radius 1 is 1.03 bits per heavy atom. The summed E-state index contributed by atoms with van der Waals surface area (Å²) in [7, 11) is 2.81. The summed E-state index contributed by atoms with van der Waals surface area (Å²) in [6.45, 7) is 6.95.